The number of benzene rings is 1. The van der Waals surface area contributed by atoms with Gasteiger partial charge in [0.1, 0.15) is 5.60 Å². The summed E-state index contributed by atoms with van der Waals surface area (Å²) in [6, 6.07) is 7.80. The van der Waals surface area contributed by atoms with Crippen molar-refractivity contribution in [1.29, 1.82) is 0 Å². The maximum atomic E-state index is 12.0. The molecule has 6 nitrogen and oxygen atoms in total. The van der Waals surface area contributed by atoms with Crippen LogP contribution in [0.4, 0.5) is 4.79 Å². The Kier molecular flexibility index (Phi) is 4.55. The molecule has 2 aromatic heterocycles. The first kappa shape index (κ1) is 16.5. The van der Waals surface area contributed by atoms with Crippen molar-refractivity contribution >= 4 is 27.5 Å². The molecule has 0 saturated carbocycles. The number of carbonyl (C=O) groups excluding carboxylic acids is 1. The third-order valence-corrected chi connectivity index (χ3v) is 4.93. The summed E-state index contributed by atoms with van der Waals surface area (Å²) in [7, 11) is 1.78. The number of thiophene rings is 1. The maximum absolute atomic E-state index is 12.0. The van der Waals surface area contributed by atoms with Gasteiger partial charge < -0.3 is 15.7 Å². The van der Waals surface area contributed by atoms with Crippen molar-refractivity contribution < 1.29 is 9.90 Å². The summed E-state index contributed by atoms with van der Waals surface area (Å²) < 4.78 is 2.82. The highest BCUT2D eigenvalue weighted by Gasteiger charge is 2.25. The third-order valence-electron chi connectivity index (χ3n) is 3.92. The van der Waals surface area contributed by atoms with Crippen molar-refractivity contribution in [2.45, 2.75) is 19.1 Å². The van der Waals surface area contributed by atoms with Crippen molar-refractivity contribution in [3.63, 3.8) is 0 Å². The number of aromatic nitrogens is 2. The average molecular weight is 344 g/mol. The molecule has 2 amide bonds. The summed E-state index contributed by atoms with van der Waals surface area (Å²) in [6.07, 6.45) is 3.33. The van der Waals surface area contributed by atoms with Crippen LogP contribution in [-0.2, 0) is 19.2 Å². The van der Waals surface area contributed by atoms with Crippen LogP contribution in [0.2, 0.25) is 0 Å². The van der Waals surface area contributed by atoms with E-state index in [-0.39, 0.29) is 12.6 Å². The second-order valence-electron chi connectivity index (χ2n) is 5.97. The number of fused-ring (bicyclic) bond motifs is 1. The van der Waals surface area contributed by atoms with Crippen LogP contribution in [-0.4, -0.2) is 27.5 Å². The molecule has 0 aliphatic rings. The molecule has 3 N–H and O–H groups in total. The molecule has 0 bridgehead atoms. The van der Waals surface area contributed by atoms with E-state index in [9.17, 15) is 9.90 Å². The molecular formula is C17H20N4O2S. The molecule has 3 aromatic rings. The summed E-state index contributed by atoms with van der Waals surface area (Å²) in [5.41, 5.74) is 0.583. The Morgan fingerprint density at radius 2 is 2.17 bits per heavy atom. The number of rotatable bonds is 5. The highest BCUT2D eigenvalue weighted by molar-refractivity contribution is 7.17. The van der Waals surface area contributed by atoms with Gasteiger partial charge in [0.15, 0.2) is 0 Å². The van der Waals surface area contributed by atoms with Gasteiger partial charge in [-0.15, -0.1) is 11.3 Å². The molecule has 0 radical (unpaired) electrons. The zero-order valence-corrected chi connectivity index (χ0v) is 14.4. The highest BCUT2D eigenvalue weighted by atomic mass is 32.1. The number of hydrogen-bond acceptors (Lipinski definition) is 4. The number of amides is 2. The van der Waals surface area contributed by atoms with E-state index in [1.807, 2.05) is 18.2 Å². The van der Waals surface area contributed by atoms with E-state index in [0.717, 1.165) is 10.9 Å². The van der Waals surface area contributed by atoms with Gasteiger partial charge in [0.25, 0.3) is 0 Å². The molecule has 0 spiro atoms. The number of nitrogens with zero attached hydrogens (tertiary/aromatic N) is 2. The van der Waals surface area contributed by atoms with Gasteiger partial charge >= 0.3 is 6.03 Å². The Labute approximate surface area is 144 Å². The Bertz CT molecular complexity index is 853. The Morgan fingerprint density at radius 3 is 2.92 bits per heavy atom. The lowest BCUT2D eigenvalue weighted by Gasteiger charge is -2.22. The highest BCUT2D eigenvalue weighted by Crippen LogP contribution is 2.25. The van der Waals surface area contributed by atoms with Gasteiger partial charge in [0, 0.05) is 30.1 Å². The Morgan fingerprint density at radius 1 is 1.38 bits per heavy atom. The van der Waals surface area contributed by atoms with Gasteiger partial charge in [-0.25, -0.2) is 4.79 Å². The van der Waals surface area contributed by atoms with Crippen LogP contribution in [0.25, 0.3) is 10.1 Å². The lowest BCUT2D eigenvalue weighted by Crippen LogP contribution is -2.43. The fourth-order valence-corrected chi connectivity index (χ4v) is 3.42. The SMILES string of the molecule is Cn1cc(C(C)(O)CNC(=O)NCc2csc3ccccc23)cn1. The first-order valence-electron chi connectivity index (χ1n) is 7.64. The molecule has 1 atom stereocenters. The smallest absolute Gasteiger partial charge is 0.315 e. The standard InChI is InChI=1S/C17H20N4O2S/c1-17(23,13-8-20-21(2)9-13)11-19-16(22)18-7-12-10-24-15-6-4-3-5-14(12)15/h3-6,8-10,23H,7,11H2,1-2H3,(H2,18,19,22). The van der Waals surface area contributed by atoms with E-state index >= 15 is 0 Å². The van der Waals surface area contributed by atoms with Crippen LogP contribution >= 0.6 is 11.3 Å². The van der Waals surface area contributed by atoms with Crippen LogP contribution < -0.4 is 10.6 Å². The fraction of sp³-hybridized carbons (Fsp3) is 0.294. The van der Waals surface area contributed by atoms with Crippen LogP contribution in [0.1, 0.15) is 18.1 Å². The van der Waals surface area contributed by atoms with Crippen molar-refractivity contribution in [3.05, 3.63) is 53.2 Å². The number of aliphatic hydroxyl groups is 1. The normalized spacial score (nSPS) is 13.6. The van der Waals surface area contributed by atoms with E-state index in [4.69, 9.17) is 0 Å². The zero-order valence-electron chi connectivity index (χ0n) is 13.6. The first-order chi connectivity index (χ1) is 11.5. The largest absolute Gasteiger partial charge is 0.383 e. The predicted molar refractivity (Wildman–Crippen MR) is 94.8 cm³/mol. The second-order valence-corrected chi connectivity index (χ2v) is 6.88. The molecule has 0 aliphatic heterocycles. The second kappa shape index (κ2) is 6.62. The minimum absolute atomic E-state index is 0.106. The van der Waals surface area contributed by atoms with Crippen LogP contribution in [0.5, 0.6) is 0 Å². The van der Waals surface area contributed by atoms with E-state index in [2.05, 4.69) is 27.2 Å². The van der Waals surface area contributed by atoms with Gasteiger partial charge in [0.05, 0.1) is 12.7 Å². The van der Waals surface area contributed by atoms with Gasteiger partial charge in [0.2, 0.25) is 0 Å². The maximum Gasteiger partial charge on any atom is 0.315 e. The summed E-state index contributed by atoms with van der Waals surface area (Å²) in [6.45, 7) is 2.20. The van der Waals surface area contributed by atoms with E-state index < -0.39 is 5.60 Å². The molecule has 1 aromatic carbocycles. The molecule has 126 valence electrons. The van der Waals surface area contributed by atoms with Crippen molar-refractivity contribution in [2.75, 3.05) is 6.54 Å². The molecule has 3 rings (SSSR count). The summed E-state index contributed by atoms with van der Waals surface area (Å²) >= 11 is 1.66. The lowest BCUT2D eigenvalue weighted by molar-refractivity contribution is 0.0593. The molecule has 0 aliphatic carbocycles. The topological polar surface area (TPSA) is 79.2 Å². The van der Waals surface area contributed by atoms with E-state index in [1.54, 1.807) is 42.4 Å². The van der Waals surface area contributed by atoms with Gasteiger partial charge in [-0.2, -0.15) is 5.10 Å². The van der Waals surface area contributed by atoms with Gasteiger partial charge in [-0.05, 0) is 29.3 Å². The molecule has 0 saturated heterocycles. The lowest BCUT2D eigenvalue weighted by atomic mass is 10.00. The van der Waals surface area contributed by atoms with Crippen molar-refractivity contribution in [2.24, 2.45) is 7.05 Å². The van der Waals surface area contributed by atoms with Crippen molar-refractivity contribution in [1.82, 2.24) is 20.4 Å². The summed E-state index contributed by atoms with van der Waals surface area (Å²) in [4.78, 5) is 12.0. The Hall–Kier alpha value is -2.38. The number of urea groups is 1. The fourth-order valence-electron chi connectivity index (χ4n) is 2.46. The molecule has 24 heavy (non-hydrogen) atoms. The molecule has 1 unspecified atom stereocenters. The number of nitrogens with one attached hydrogen (secondary N) is 2. The molecule has 0 fully saturated rings. The van der Waals surface area contributed by atoms with Gasteiger partial charge in [-0.1, -0.05) is 18.2 Å². The average Bonchev–Trinajstić information content (AvgIpc) is 3.18. The zero-order chi connectivity index (χ0) is 17.2. The first-order valence-corrected chi connectivity index (χ1v) is 8.52. The number of aryl methyl sites for hydroxylation is 1. The monoisotopic (exact) mass is 344 g/mol. The van der Waals surface area contributed by atoms with Crippen LogP contribution in [0, 0.1) is 0 Å². The third kappa shape index (κ3) is 3.58. The van der Waals surface area contributed by atoms with Gasteiger partial charge in [-0.3, -0.25) is 4.68 Å². The quantitative estimate of drug-likeness (QED) is 0.665. The predicted octanol–water partition coefficient (Wildman–Crippen LogP) is 2.34. The minimum atomic E-state index is -1.17. The van der Waals surface area contributed by atoms with Crippen LogP contribution in [0.3, 0.4) is 0 Å². The van der Waals surface area contributed by atoms with Crippen molar-refractivity contribution in [3.8, 4) is 0 Å². The van der Waals surface area contributed by atoms with Crippen LogP contribution in [0.15, 0.2) is 42.0 Å². The van der Waals surface area contributed by atoms with E-state index in [1.165, 1.54) is 4.70 Å². The molecular weight excluding hydrogens is 324 g/mol. The van der Waals surface area contributed by atoms with E-state index in [0.29, 0.717) is 12.1 Å². The summed E-state index contributed by atoms with van der Waals surface area (Å²) in [5.74, 6) is 0. The number of carbonyl (C=O) groups is 1. The molecule has 2 heterocycles. The Balaban J connectivity index is 1.54. The summed E-state index contributed by atoms with van der Waals surface area (Å²) in [5, 5.41) is 23.2. The minimum Gasteiger partial charge on any atom is -0.383 e. The molecule has 7 heteroatoms. The number of hydrogen-bond donors (Lipinski definition) is 3.